The van der Waals surface area contributed by atoms with Gasteiger partial charge in [0, 0.05) is 48.9 Å². The van der Waals surface area contributed by atoms with E-state index in [4.69, 9.17) is 35.8 Å². The van der Waals surface area contributed by atoms with Crippen LogP contribution in [-0.2, 0) is 24.4 Å². The molecule has 2 fully saturated rings. The molecule has 0 saturated carbocycles. The van der Waals surface area contributed by atoms with Crippen LogP contribution in [0.1, 0.15) is 41.5 Å². The summed E-state index contributed by atoms with van der Waals surface area (Å²) >= 11 is 5.87. The molecule has 4 heterocycles. The van der Waals surface area contributed by atoms with Crippen molar-refractivity contribution >= 4 is 34.4 Å². The van der Waals surface area contributed by atoms with Gasteiger partial charge in [-0.15, -0.1) is 0 Å². The number of piperazine rings is 1. The van der Waals surface area contributed by atoms with E-state index in [9.17, 15) is 14.3 Å². The van der Waals surface area contributed by atoms with E-state index < -0.39 is 11.8 Å². The van der Waals surface area contributed by atoms with Crippen molar-refractivity contribution in [3.63, 3.8) is 0 Å². The maximum Gasteiger partial charge on any atom is 0.335 e. The number of carboxylic acid groups (broad SMARTS) is 1. The molecular formula is C32H35ClFN5O5. The number of fused-ring (bicyclic) bond motifs is 1. The molecule has 2 aliphatic heterocycles. The molecule has 2 aromatic carbocycles. The summed E-state index contributed by atoms with van der Waals surface area (Å²) < 4.78 is 33.4. The third kappa shape index (κ3) is 6.31. The third-order valence-electron chi connectivity index (χ3n) is 8.39. The Bertz CT molecular complexity index is 1660. The smallest absolute Gasteiger partial charge is 0.335 e. The largest absolute Gasteiger partial charge is 0.494 e. The topological polar surface area (TPSA) is 102 Å². The number of hydrogen-bond acceptors (Lipinski definition) is 8. The zero-order valence-corrected chi connectivity index (χ0v) is 25.5. The van der Waals surface area contributed by atoms with Gasteiger partial charge in [-0.25, -0.2) is 14.2 Å². The highest BCUT2D eigenvalue weighted by Gasteiger charge is 2.30. The minimum absolute atomic E-state index is 0.0520. The molecule has 0 aliphatic carbocycles. The molecule has 2 aliphatic rings. The number of methoxy groups -OCH3 is 1. The molecule has 2 saturated heterocycles. The van der Waals surface area contributed by atoms with Crippen LogP contribution in [0.3, 0.4) is 0 Å². The first-order valence-corrected chi connectivity index (χ1v) is 15.2. The predicted molar refractivity (Wildman–Crippen MR) is 164 cm³/mol. The van der Waals surface area contributed by atoms with Crippen LogP contribution in [0.2, 0.25) is 5.02 Å². The lowest BCUT2D eigenvalue weighted by molar-refractivity contribution is -0.0592. The molecule has 0 unspecified atom stereocenters. The van der Waals surface area contributed by atoms with Crippen molar-refractivity contribution in [2.45, 2.75) is 51.6 Å². The van der Waals surface area contributed by atoms with Crippen LogP contribution in [0.25, 0.3) is 11.0 Å². The number of pyridine rings is 1. The Morgan fingerprint density at radius 3 is 2.73 bits per heavy atom. The molecule has 6 rings (SSSR count). The molecule has 44 heavy (non-hydrogen) atoms. The highest BCUT2D eigenvalue weighted by atomic mass is 35.5. The Morgan fingerprint density at radius 1 is 1.18 bits per heavy atom. The normalized spacial score (nSPS) is 18.8. The number of carbonyl (C=O) groups is 1. The molecule has 0 spiro atoms. The van der Waals surface area contributed by atoms with E-state index in [0.717, 1.165) is 56.2 Å². The van der Waals surface area contributed by atoms with Crippen molar-refractivity contribution in [2.75, 3.05) is 38.3 Å². The molecule has 0 amide bonds. The lowest BCUT2D eigenvalue weighted by atomic mass is 10.1. The summed E-state index contributed by atoms with van der Waals surface area (Å²) in [5.41, 5.74) is 1.96. The van der Waals surface area contributed by atoms with Gasteiger partial charge in [0.05, 0.1) is 37.4 Å². The zero-order valence-electron chi connectivity index (χ0n) is 24.7. The first-order chi connectivity index (χ1) is 21.3. The number of imidazole rings is 1. The lowest BCUT2D eigenvalue weighted by Crippen LogP contribution is -2.53. The van der Waals surface area contributed by atoms with E-state index >= 15 is 0 Å². The van der Waals surface area contributed by atoms with E-state index in [1.165, 1.54) is 19.2 Å². The van der Waals surface area contributed by atoms with Gasteiger partial charge in [0.1, 0.15) is 35.3 Å². The van der Waals surface area contributed by atoms with Gasteiger partial charge in [-0.05, 0) is 43.2 Å². The second-order valence-electron chi connectivity index (χ2n) is 11.1. The Labute approximate surface area is 259 Å². The van der Waals surface area contributed by atoms with Crippen molar-refractivity contribution in [3.8, 4) is 11.6 Å². The quantitative estimate of drug-likeness (QED) is 0.235. The van der Waals surface area contributed by atoms with Gasteiger partial charge < -0.3 is 28.8 Å². The fourth-order valence-electron chi connectivity index (χ4n) is 5.80. The van der Waals surface area contributed by atoms with Crippen LogP contribution >= 0.6 is 11.6 Å². The van der Waals surface area contributed by atoms with Gasteiger partial charge in [-0.3, -0.25) is 4.90 Å². The standard InChI is InChI=1S/C32H35ClFN5O5/c1-3-23-16-38(28-5-4-6-30(35-28)44-19-20-7-8-22(33)15-25(20)34)11-10-37(23)18-29-36-31-26(39(29)17-24-9-12-43-24)13-21(32(40)41)14-27(31)42-2/h4-8,13-15,23-24H,3,9-12,16-19H2,1-2H3,(H,40,41)/t23-,24-/m0/s1. The van der Waals surface area contributed by atoms with Crippen molar-refractivity contribution in [1.82, 2.24) is 19.4 Å². The number of benzene rings is 2. The SMILES string of the molecule is CC[C@H]1CN(c2cccc(OCc3ccc(Cl)cc3F)n2)CCN1Cc1nc2c(OC)cc(C(=O)O)cc2n1C[C@@H]1CCO1. The molecule has 0 radical (unpaired) electrons. The van der Waals surface area contributed by atoms with Gasteiger partial charge in [-0.2, -0.15) is 4.98 Å². The molecule has 2 aromatic heterocycles. The molecule has 12 heteroatoms. The van der Waals surface area contributed by atoms with Gasteiger partial charge in [0.25, 0.3) is 0 Å². The van der Waals surface area contributed by atoms with Crippen LogP contribution < -0.4 is 14.4 Å². The van der Waals surface area contributed by atoms with Gasteiger partial charge >= 0.3 is 5.97 Å². The van der Waals surface area contributed by atoms with Crippen LogP contribution in [-0.4, -0.2) is 76.0 Å². The highest BCUT2D eigenvalue weighted by molar-refractivity contribution is 6.30. The van der Waals surface area contributed by atoms with Crippen LogP contribution in [0.5, 0.6) is 11.6 Å². The molecule has 4 aromatic rings. The third-order valence-corrected chi connectivity index (χ3v) is 8.62. The molecule has 2 atom stereocenters. The van der Waals surface area contributed by atoms with E-state index in [2.05, 4.69) is 21.3 Å². The molecule has 232 valence electrons. The van der Waals surface area contributed by atoms with Crippen molar-refractivity contribution in [3.05, 3.63) is 76.3 Å². The van der Waals surface area contributed by atoms with Gasteiger partial charge in [-0.1, -0.05) is 30.7 Å². The average molecular weight is 624 g/mol. The minimum Gasteiger partial charge on any atom is -0.494 e. The van der Waals surface area contributed by atoms with E-state index in [0.29, 0.717) is 40.8 Å². The molecule has 1 N–H and O–H groups in total. The number of ether oxygens (including phenoxy) is 3. The number of aromatic nitrogens is 3. The lowest BCUT2D eigenvalue weighted by Gasteiger charge is -2.41. The maximum absolute atomic E-state index is 14.2. The second kappa shape index (κ2) is 13.0. The summed E-state index contributed by atoms with van der Waals surface area (Å²) in [5.74, 6) is 1.10. The Morgan fingerprint density at radius 2 is 2.02 bits per heavy atom. The number of rotatable bonds is 11. The number of carboxylic acids is 1. The summed E-state index contributed by atoms with van der Waals surface area (Å²) in [6.45, 7) is 6.44. The number of anilines is 1. The zero-order chi connectivity index (χ0) is 30.8. The first-order valence-electron chi connectivity index (χ1n) is 14.8. The fourth-order valence-corrected chi connectivity index (χ4v) is 5.96. The predicted octanol–water partition coefficient (Wildman–Crippen LogP) is 5.40. The van der Waals surface area contributed by atoms with Gasteiger partial charge in [0.2, 0.25) is 5.88 Å². The number of hydrogen-bond donors (Lipinski definition) is 1. The Kier molecular flexibility index (Phi) is 8.88. The summed E-state index contributed by atoms with van der Waals surface area (Å²) in [6, 6.07) is 13.6. The second-order valence-corrected chi connectivity index (χ2v) is 11.5. The van der Waals surface area contributed by atoms with Crippen molar-refractivity contribution in [1.29, 1.82) is 0 Å². The molecule has 0 bridgehead atoms. The highest BCUT2D eigenvalue weighted by Crippen LogP contribution is 2.31. The molecular weight excluding hydrogens is 589 g/mol. The maximum atomic E-state index is 14.2. The fraction of sp³-hybridized carbons (Fsp3) is 0.406. The first kappa shape index (κ1) is 30.1. The summed E-state index contributed by atoms with van der Waals surface area (Å²) in [4.78, 5) is 26.2. The number of aromatic carboxylic acids is 1. The minimum atomic E-state index is -1.01. The van der Waals surface area contributed by atoms with Crippen LogP contribution in [0.15, 0.2) is 48.5 Å². The summed E-state index contributed by atoms with van der Waals surface area (Å²) in [7, 11) is 1.53. The van der Waals surface area contributed by atoms with E-state index in [1.54, 1.807) is 24.3 Å². The Balaban J connectivity index is 1.19. The van der Waals surface area contributed by atoms with Gasteiger partial charge in [0.15, 0.2) is 0 Å². The number of halogens is 2. The number of nitrogens with zero attached hydrogens (tertiary/aromatic N) is 5. The van der Waals surface area contributed by atoms with E-state index in [-0.39, 0.29) is 24.3 Å². The summed E-state index contributed by atoms with van der Waals surface area (Å²) in [5, 5.41) is 10.1. The van der Waals surface area contributed by atoms with E-state index in [1.807, 2.05) is 12.1 Å². The van der Waals surface area contributed by atoms with Crippen LogP contribution in [0.4, 0.5) is 10.2 Å². The van der Waals surface area contributed by atoms with Crippen molar-refractivity contribution < 1.29 is 28.5 Å². The summed E-state index contributed by atoms with van der Waals surface area (Å²) in [6.07, 6.45) is 1.94. The monoisotopic (exact) mass is 623 g/mol. The Hall–Kier alpha value is -3.93. The van der Waals surface area contributed by atoms with Crippen molar-refractivity contribution in [2.24, 2.45) is 0 Å². The van der Waals surface area contributed by atoms with Crippen LogP contribution in [0, 0.1) is 5.82 Å². The molecule has 10 nitrogen and oxygen atoms in total. The average Bonchev–Trinajstić information content (AvgIpc) is 3.34.